The number of rotatable bonds is 6. The summed E-state index contributed by atoms with van der Waals surface area (Å²) in [6.07, 6.45) is 3.86. The molecule has 2 aromatic rings. The number of nitro groups is 1. The van der Waals surface area contributed by atoms with Gasteiger partial charge in [-0.3, -0.25) is 4.79 Å². The van der Waals surface area contributed by atoms with Crippen molar-refractivity contribution in [3.63, 3.8) is 0 Å². The molecule has 0 aliphatic rings. The number of Topliss-reactive ketones (excluding diaryl/α,β-unsaturated/α-hetero) is 1. The van der Waals surface area contributed by atoms with Gasteiger partial charge in [-0.15, -0.1) is 11.3 Å². The quantitative estimate of drug-likeness (QED) is 0.456. The van der Waals surface area contributed by atoms with Crippen molar-refractivity contribution >= 4 is 22.9 Å². The van der Waals surface area contributed by atoms with Crippen molar-refractivity contribution in [3.8, 4) is 0 Å². The fraction of sp³-hybridized carbons (Fsp3) is 0.273. The highest BCUT2D eigenvalue weighted by Gasteiger charge is 2.10. The normalized spacial score (nSPS) is 10.4. The van der Waals surface area contributed by atoms with Gasteiger partial charge in [0.2, 0.25) is 6.33 Å². The van der Waals surface area contributed by atoms with E-state index in [-0.39, 0.29) is 11.6 Å². The van der Waals surface area contributed by atoms with Crippen LogP contribution in [-0.2, 0) is 6.54 Å². The molecule has 2 heterocycles. The Morgan fingerprint density at radius 1 is 1.56 bits per heavy atom. The number of hydrogen-bond donors (Lipinski definition) is 0. The number of carbonyl (C=O) groups excluding carboxylic acids is 1. The molecule has 0 N–H and O–H groups in total. The van der Waals surface area contributed by atoms with Crippen LogP contribution in [0.3, 0.4) is 0 Å². The lowest BCUT2D eigenvalue weighted by atomic mass is 10.2. The van der Waals surface area contributed by atoms with Crippen molar-refractivity contribution in [3.05, 3.63) is 45.0 Å². The lowest BCUT2D eigenvalue weighted by molar-refractivity contribution is -0.389. The Kier molecular flexibility index (Phi) is 3.83. The highest BCUT2D eigenvalue weighted by Crippen LogP contribution is 2.13. The van der Waals surface area contributed by atoms with Gasteiger partial charge < -0.3 is 14.7 Å². The van der Waals surface area contributed by atoms with Gasteiger partial charge in [0.25, 0.3) is 0 Å². The van der Waals surface area contributed by atoms with E-state index in [1.807, 2.05) is 11.4 Å². The zero-order valence-corrected chi connectivity index (χ0v) is 10.3. The predicted molar refractivity (Wildman–Crippen MR) is 66.8 cm³/mol. The summed E-state index contributed by atoms with van der Waals surface area (Å²) >= 11 is 1.43. The summed E-state index contributed by atoms with van der Waals surface area (Å²) < 4.78 is 1.62. The number of aromatic nitrogens is 2. The van der Waals surface area contributed by atoms with E-state index in [9.17, 15) is 14.9 Å². The Morgan fingerprint density at radius 3 is 3.00 bits per heavy atom. The number of ketones is 1. The molecular weight excluding hydrogens is 254 g/mol. The molecule has 0 saturated heterocycles. The molecule has 0 atom stereocenters. The number of nitrogens with zero attached hydrogens (tertiary/aromatic N) is 3. The fourth-order valence-electron chi connectivity index (χ4n) is 1.55. The molecule has 18 heavy (non-hydrogen) atoms. The number of imidazole rings is 1. The molecule has 2 rings (SSSR count). The van der Waals surface area contributed by atoms with Gasteiger partial charge in [-0.1, -0.05) is 6.07 Å². The number of aryl methyl sites for hydroxylation is 1. The highest BCUT2D eigenvalue weighted by molar-refractivity contribution is 7.12. The van der Waals surface area contributed by atoms with Crippen molar-refractivity contribution in [1.29, 1.82) is 0 Å². The average Bonchev–Trinajstić information content (AvgIpc) is 3.00. The summed E-state index contributed by atoms with van der Waals surface area (Å²) in [6, 6.07) is 3.65. The average molecular weight is 265 g/mol. The second-order valence-electron chi connectivity index (χ2n) is 3.73. The van der Waals surface area contributed by atoms with Gasteiger partial charge in [-0.05, 0) is 27.8 Å². The molecule has 7 heteroatoms. The van der Waals surface area contributed by atoms with Crippen LogP contribution < -0.4 is 0 Å². The molecule has 94 valence electrons. The zero-order chi connectivity index (χ0) is 13.0. The highest BCUT2D eigenvalue weighted by atomic mass is 32.1. The molecule has 2 aromatic heterocycles. The molecule has 0 aliphatic heterocycles. The minimum Gasteiger partial charge on any atom is -0.358 e. The number of carbonyl (C=O) groups is 1. The molecule has 0 fully saturated rings. The van der Waals surface area contributed by atoms with Crippen molar-refractivity contribution in [2.75, 3.05) is 0 Å². The molecule has 0 unspecified atom stereocenters. The summed E-state index contributed by atoms with van der Waals surface area (Å²) in [7, 11) is 0. The molecule has 0 aromatic carbocycles. The zero-order valence-electron chi connectivity index (χ0n) is 9.48. The first-order valence-corrected chi connectivity index (χ1v) is 6.27. The summed E-state index contributed by atoms with van der Waals surface area (Å²) in [6.45, 7) is 0.554. The number of thiophene rings is 1. The summed E-state index contributed by atoms with van der Waals surface area (Å²) in [5.41, 5.74) is 0. The maximum atomic E-state index is 11.7. The van der Waals surface area contributed by atoms with E-state index in [4.69, 9.17) is 0 Å². The van der Waals surface area contributed by atoms with E-state index in [2.05, 4.69) is 4.98 Å². The molecule has 6 nitrogen and oxygen atoms in total. The minimum atomic E-state index is -0.534. The molecule has 0 amide bonds. The summed E-state index contributed by atoms with van der Waals surface area (Å²) in [5.74, 6) is -0.0563. The van der Waals surface area contributed by atoms with E-state index in [0.29, 0.717) is 19.4 Å². The Labute approximate surface area is 107 Å². The largest absolute Gasteiger partial charge is 0.381 e. The fourth-order valence-corrected chi connectivity index (χ4v) is 2.24. The Balaban J connectivity index is 1.81. The maximum Gasteiger partial charge on any atom is 0.381 e. The van der Waals surface area contributed by atoms with Gasteiger partial charge in [-0.25, -0.2) is 0 Å². The van der Waals surface area contributed by atoms with Crippen molar-refractivity contribution < 1.29 is 9.72 Å². The Bertz CT molecular complexity index is 548. The third kappa shape index (κ3) is 3.01. The van der Waals surface area contributed by atoms with Crippen LogP contribution in [0.25, 0.3) is 0 Å². The molecular formula is C11H11N3O3S. The van der Waals surface area contributed by atoms with Crippen LogP contribution in [0.5, 0.6) is 0 Å². The lowest BCUT2D eigenvalue weighted by Gasteiger charge is -1.99. The second-order valence-corrected chi connectivity index (χ2v) is 4.68. The maximum absolute atomic E-state index is 11.7. The second kappa shape index (κ2) is 5.54. The SMILES string of the molecule is O=C(CCCn1cnc([N+](=O)[O-])c1)c1cccs1. The first-order valence-electron chi connectivity index (χ1n) is 5.39. The van der Waals surface area contributed by atoms with Gasteiger partial charge in [0, 0.05) is 13.0 Å². The van der Waals surface area contributed by atoms with Gasteiger partial charge >= 0.3 is 5.82 Å². The van der Waals surface area contributed by atoms with Gasteiger partial charge in [0.1, 0.15) is 6.20 Å². The monoisotopic (exact) mass is 265 g/mol. The van der Waals surface area contributed by atoms with Crippen molar-refractivity contribution in [2.45, 2.75) is 19.4 Å². The first kappa shape index (κ1) is 12.4. The third-order valence-corrected chi connectivity index (χ3v) is 3.33. The lowest BCUT2D eigenvalue weighted by Crippen LogP contribution is -2.00. The number of hydrogen-bond acceptors (Lipinski definition) is 5. The Morgan fingerprint density at radius 2 is 2.39 bits per heavy atom. The van der Waals surface area contributed by atoms with Crippen molar-refractivity contribution in [1.82, 2.24) is 9.55 Å². The third-order valence-electron chi connectivity index (χ3n) is 2.42. The molecule has 0 aliphatic carbocycles. The van der Waals surface area contributed by atoms with Crippen LogP contribution >= 0.6 is 11.3 Å². The van der Waals surface area contributed by atoms with Gasteiger partial charge in [0.15, 0.2) is 5.78 Å². The summed E-state index contributed by atoms with van der Waals surface area (Å²) in [4.78, 5) is 26.0. The first-order chi connectivity index (χ1) is 8.66. The van der Waals surface area contributed by atoms with E-state index < -0.39 is 4.92 Å². The van der Waals surface area contributed by atoms with E-state index in [1.54, 1.807) is 10.6 Å². The van der Waals surface area contributed by atoms with Crippen LogP contribution in [0, 0.1) is 10.1 Å². The Hall–Kier alpha value is -2.02. The molecule has 0 saturated carbocycles. The molecule has 0 radical (unpaired) electrons. The van der Waals surface area contributed by atoms with Crippen LogP contribution in [0.15, 0.2) is 30.0 Å². The molecule has 0 spiro atoms. The van der Waals surface area contributed by atoms with Crippen LogP contribution in [0.2, 0.25) is 0 Å². The topological polar surface area (TPSA) is 78.0 Å². The van der Waals surface area contributed by atoms with E-state index in [0.717, 1.165) is 4.88 Å². The van der Waals surface area contributed by atoms with Crippen LogP contribution in [0.4, 0.5) is 5.82 Å². The van der Waals surface area contributed by atoms with E-state index in [1.165, 1.54) is 23.9 Å². The van der Waals surface area contributed by atoms with Gasteiger partial charge in [0.05, 0.1) is 4.88 Å². The predicted octanol–water partition coefficient (Wildman–Crippen LogP) is 2.52. The summed E-state index contributed by atoms with van der Waals surface area (Å²) in [5, 5.41) is 12.3. The minimum absolute atomic E-state index is 0.111. The van der Waals surface area contributed by atoms with E-state index >= 15 is 0 Å². The van der Waals surface area contributed by atoms with Gasteiger partial charge in [-0.2, -0.15) is 0 Å². The standard InChI is InChI=1S/C11H11N3O3S/c15-9(10-4-2-6-18-10)3-1-5-13-7-11(12-8-13)14(16)17/h2,4,6-8H,1,3,5H2. The van der Waals surface area contributed by atoms with Crippen LogP contribution in [0.1, 0.15) is 22.5 Å². The van der Waals surface area contributed by atoms with Crippen LogP contribution in [-0.4, -0.2) is 20.3 Å². The smallest absolute Gasteiger partial charge is 0.358 e. The van der Waals surface area contributed by atoms with Crippen molar-refractivity contribution in [2.24, 2.45) is 0 Å². The molecule has 0 bridgehead atoms.